The summed E-state index contributed by atoms with van der Waals surface area (Å²) in [5.74, 6) is -2.13. The molecule has 1 aliphatic heterocycles. The van der Waals surface area contributed by atoms with Crippen LogP contribution in [0.15, 0.2) is 30.3 Å². The third-order valence-corrected chi connectivity index (χ3v) is 11.2. The number of hydrogen-bond donors (Lipinski definition) is 4. The van der Waals surface area contributed by atoms with Gasteiger partial charge in [-0.1, -0.05) is 85.2 Å². The van der Waals surface area contributed by atoms with Gasteiger partial charge in [0.05, 0.1) is 42.7 Å². The highest BCUT2D eigenvalue weighted by Gasteiger charge is 2.43. The first kappa shape index (κ1) is 48.6. The molecule has 0 aliphatic carbocycles. The molecular weight excluding hydrogens is 713 g/mol. The van der Waals surface area contributed by atoms with Crippen LogP contribution in [-0.2, 0) is 39.9 Å². The van der Waals surface area contributed by atoms with Crippen LogP contribution in [-0.4, -0.2) is 122 Å². The lowest BCUT2D eigenvalue weighted by Gasteiger charge is -2.41. The van der Waals surface area contributed by atoms with Crippen molar-refractivity contribution in [3.63, 3.8) is 0 Å². The second-order valence-corrected chi connectivity index (χ2v) is 17.3. The second-order valence-electron chi connectivity index (χ2n) is 17.3. The largest absolute Gasteiger partial charge is 0.379 e. The van der Waals surface area contributed by atoms with Gasteiger partial charge in [-0.05, 0) is 64.0 Å². The third kappa shape index (κ3) is 13.5. The van der Waals surface area contributed by atoms with E-state index in [1.807, 2.05) is 92.6 Å². The molecule has 13 heteroatoms. The number of methoxy groups -OCH3 is 2. The SMILES string of the molecule is CC[C@H](C)[C@@H]([C@@H](CC(=O)N1CCC[C@H]1[C@H](OC)[C@@H](C)C(=O)NC(Cc1ccccc1)C(=O)NC(C)(C)C)OC)N(C)C(=O)[C@@H](NC(=O)[C@@H](NC)C(C)C)C(C)C. The summed E-state index contributed by atoms with van der Waals surface area (Å²) in [6.45, 7) is 19.7. The zero-order valence-electron chi connectivity index (χ0n) is 36.7. The van der Waals surface area contributed by atoms with Crippen molar-refractivity contribution in [2.45, 2.75) is 149 Å². The summed E-state index contributed by atoms with van der Waals surface area (Å²) in [6, 6.07) is 6.67. The van der Waals surface area contributed by atoms with Crippen LogP contribution in [0.5, 0.6) is 0 Å². The van der Waals surface area contributed by atoms with Crippen LogP contribution in [0.4, 0.5) is 0 Å². The fourth-order valence-electron chi connectivity index (χ4n) is 7.87. The van der Waals surface area contributed by atoms with Crippen molar-refractivity contribution < 1.29 is 33.4 Å². The molecule has 318 valence electrons. The molecule has 0 spiro atoms. The van der Waals surface area contributed by atoms with Crippen molar-refractivity contribution in [3.05, 3.63) is 35.9 Å². The number of rotatable bonds is 21. The average Bonchev–Trinajstić information content (AvgIpc) is 3.62. The van der Waals surface area contributed by atoms with E-state index >= 15 is 0 Å². The molecule has 1 aliphatic rings. The van der Waals surface area contributed by atoms with Gasteiger partial charge in [-0.25, -0.2) is 0 Å². The van der Waals surface area contributed by atoms with Gasteiger partial charge >= 0.3 is 0 Å². The Bertz CT molecular complexity index is 1420. The highest BCUT2D eigenvalue weighted by Crippen LogP contribution is 2.30. The van der Waals surface area contributed by atoms with Crippen molar-refractivity contribution in [2.75, 3.05) is 34.9 Å². The minimum Gasteiger partial charge on any atom is -0.379 e. The Morgan fingerprint density at radius 1 is 0.875 bits per heavy atom. The molecule has 0 aromatic heterocycles. The van der Waals surface area contributed by atoms with Crippen LogP contribution < -0.4 is 21.3 Å². The number of ether oxygens (including phenoxy) is 2. The lowest BCUT2D eigenvalue weighted by molar-refractivity contribution is -0.148. The Kier molecular flexibility index (Phi) is 19.4. The van der Waals surface area contributed by atoms with Crippen molar-refractivity contribution in [1.82, 2.24) is 31.1 Å². The first-order valence-electron chi connectivity index (χ1n) is 20.5. The van der Waals surface area contributed by atoms with Crippen molar-refractivity contribution in [3.8, 4) is 0 Å². The Hall–Kier alpha value is -3.55. The quantitative estimate of drug-likeness (QED) is 0.146. The number of carbonyl (C=O) groups is 5. The number of nitrogens with zero attached hydrogens (tertiary/aromatic N) is 2. The minimum absolute atomic E-state index is 0.0106. The maximum atomic E-state index is 14.3. The number of likely N-dealkylation sites (N-methyl/N-ethyl adjacent to an activating group) is 2. The van der Waals surface area contributed by atoms with Gasteiger partial charge in [0, 0.05) is 39.8 Å². The van der Waals surface area contributed by atoms with Gasteiger partial charge in [0.1, 0.15) is 12.1 Å². The van der Waals surface area contributed by atoms with Crippen molar-refractivity contribution in [1.29, 1.82) is 0 Å². The van der Waals surface area contributed by atoms with Crippen LogP contribution in [0.2, 0.25) is 0 Å². The van der Waals surface area contributed by atoms with E-state index in [9.17, 15) is 24.0 Å². The Labute approximate surface area is 337 Å². The van der Waals surface area contributed by atoms with Gasteiger partial charge in [-0.2, -0.15) is 0 Å². The lowest BCUT2D eigenvalue weighted by atomic mass is 9.89. The van der Waals surface area contributed by atoms with Gasteiger partial charge in [-0.15, -0.1) is 0 Å². The predicted octanol–water partition coefficient (Wildman–Crippen LogP) is 3.93. The average molecular weight is 787 g/mol. The van der Waals surface area contributed by atoms with E-state index in [0.29, 0.717) is 19.4 Å². The molecule has 4 N–H and O–H groups in total. The molecule has 1 saturated heterocycles. The topological polar surface area (TPSA) is 158 Å². The molecule has 0 radical (unpaired) electrons. The Balaban J connectivity index is 2.31. The van der Waals surface area contributed by atoms with Crippen LogP contribution in [0.3, 0.4) is 0 Å². The molecular formula is C43H74N6O7. The summed E-state index contributed by atoms with van der Waals surface area (Å²) in [5.41, 5.74) is 0.424. The smallest absolute Gasteiger partial charge is 0.245 e. The van der Waals surface area contributed by atoms with Crippen molar-refractivity contribution >= 4 is 29.5 Å². The van der Waals surface area contributed by atoms with Crippen molar-refractivity contribution in [2.24, 2.45) is 23.7 Å². The monoisotopic (exact) mass is 787 g/mol. The second kappa shape index (κ2) is 22.4. The fourth-order valence-corrected chi connectivity index (χ4v) is 7.87. The molecule has 1 heterocycles. The molecule has 1 aromatic carbocycles. The van der Waals surface area contributed by atoms with E-state index in [4.69, 9.17) is 9.47 Å². The zero-order chi connectivity index (χ0) is 42.5. The predicted molar refractivity (Wildman–Crippen MR) is 221 cm³/mol. The first-order valence-corrected chi connectivity index (χ1v) is 20.5. The van der Waals surface area contributed by atoms with Gasteiger partial charge in [0.2, 0.25) is 29.5 Å². The first-order chi connectivity index (χ1) is 26.2. The molecule has 13 nitrogen and oxygen atoms in total. The van der Waals surface area contributed by atoms with Gasteiger partial charge < -0.3 is 40.5 Å². The highest BCUT2D eigenvalue weighted by atomic mass is 16.5. The summed E-state index contributed by atoms with van der Waals surface area (Å²) in [7, 11) is 6.56. The van der Waals surface area contributed by atoms with E-state index < -0.39 is 47.8 Å². The molecule has 0 saturated carbocycles. The number of benzene rings is 1. The number of carbonyl (C=O) groups excluding carboxylic acids is 5. The molecule has 9 atom stereocenters. The number of likely N-dealkylation sites (tertiary alicyclic amines) is 1. The maximum absolute atomic E-state index is 14.3. The normalized spacial score (nSPS) is 19.0. The molecule has 0 bridgehead atoms. The summed E-state index contributed by atoms with van der Waals surface area (Å²) < 4.78 is 12.0. The van der Waals surface area contributed by atoms with Crippen LogP contribution in [0.1, 0.15) is 100 Å². The number of nitrogens with one attached hydrogen (secondary N) is 4. The molecule has 5 amide bonds. The minimum atomic E-state index is -0.811. The summed E-state index contributed by atoms with van der Waals surface area (Å²) >= 11 is 0. The highest BCUT2D eigenvalue weighted by molar-refractivity contribution is 5.91. The molecule has 56 heavy (non-hydrogen) atoms. The Morgan fingerprint density at radius 3 is 1.98 bits per heavy atom. The Morgan fingerprint density at radius 2 is 1.48 bits per heavy atom. The molecule has 1 fully saturated rings. The number of amides is 5. The van der Waals surface area contributed by atoms with E-state index in [2.05, 4.69) is 21.3 Å². The standard InChI is InChI=1S/C43H74N6O7/c1-15-28(6)37(48(12)42(54)36(27(4)5)46-41(53)35(44-11)26(2)3)33(55-13)25-34(50)49-23-19-22-32(49)38(56-14)29(7)39(51)45-31(40(52)47-43(8,9)10)24-30-20-17-16-18-21-30/h16-18,20-21,26-29,31-33,35-38,44H,15,19,22-25H2,1-14H3,(H,45,51)(H,46,53)(H,47,52)/t28-,29+,31?,32-,33+,35-,36-,37-,38+/m0/s1. The molecule has 2 rings (SSSR count). The lowest BCUT2D eigenvalue weighted by Crippen LogP contribution is -2.59. The maximum Gasteiger partial charge on any atom is 0.245 e. The summed E-state index contributed by atoms with van der Waals surface area (Å²) in [5, 5.41) is 12.0. The van der Waals surface area contributed by atoms with Crippen LogP contribution >= 0.6 is 0 Å². The van der Waals surface area contributed by atoms with Crippen LogP contribution in [0, 0.1) is 23.7 Å². The van der Waals surface area contributed by atoms with E-state index in [1.54, 1.807) is 45.0 Å². The zero-order valence-corrected chi connectivity index (χ0v) is 36.7. The summed E-state index contributed by atoms with van der Waals surface area (Å²) in [6.07, 6.45) is 1.16. The fraction of sp³-hybridized carbons (Fsp3) is 0.744. The van der Waals surface area contributed by atoms with Crippen LogP contribution in [0.25, 0.3) is 0 Å². The van der Waals surface area contributed by atoms with Gasteiger partial charge in [0.15, 0.2) is 0 Å². The van der Waals surface area contributed by atoms with Gasteiger partial charge in [0.25, 0.3) is 0 Å². The third-order valence-electron chi connectivity index (χ3n) is 11.2. The summed E-state index contributed by atoms with van der Waals surface area (Å²) in [4.78, 5) is 72.5. The van der Waals surface area contributed by atoms with Gasteiger partial charge in [-0.3, -0.25) is 24.0 Å². The molecule has 1 aromatic rings. The van der Waals surface area contributed by atoms with E-state index in [1.165, 1.54) is 0 Å². The number of hydrogen-bond acceptors (Lipinski definition) is 8. The molecule has 1 unspecified atom stereocenters. The van der Waals surface area contributed by atoms with E-state index in [0.717, 1.165) is 18.4 Å². The van der Waals surface area contributed by atoms with E-state index in [-0.39, 0.29) is 59.8 Å².